The van der Waals surface area contributed by atoms with Crippen LogP contribution < -0.4 is 0 Å². The summed E-state index contributed by atoms with van der Waals surface area (Å²) in [6.07, 6.45) is 4.57. The van der Waals surface area contributed by atoms with Gasteiger partial charge in [0.15, 0.2) is 18.2 Å². The molecular weight excluding hydrogens is 374 g/mol. The van der Waals surface area contributed by atoms with Crippen molar-refractivity contribution in [1.29, 1.82) is 0 Å². The molecule has 1 aliphatic carbocycles. The Hall–Kier alpha value is -0.280. The second kappa shape index (κ2) is 8.01. The Labute approximate surface area is 174 Å². The zero-order valence-electron chi connectivity index (χ0n) is 18.1. The van der Waals surface area contributed by atoms with Crippen LogP contribution in [-0.2, 0) is 28.7 Å². The molecule has 6 fully saturated rings. The normalized spacial score (nSPS) is 50.2. The highest BCUT2D eigenvalue weighted by molar-refractivity contribution is 5.09. The lowest BCUT2D eigenvalue weighted by molar-refractivity contribution is -0.577. The lowest BCUT2D eigenvalue weighted by Gasteiger charge is -2.60. The molecule has 6 aliphatic rings. The van der Waals surface area contributed by atoms with Gasteiger partial charge in [0.05, 0.1) is 19.8 Å². The molecule has 1 saturated carbocycles. The van der Waals surface area contributed by atoms with Crippen LogP contribution >= 0.6 is 0 Å². The Bertz CT molecular complexity index is 586. The van der Waals surface area contributed by atoms with Gasteiger partial charge in [0, 0.05) is 37.9 Å². The van der Waals surface area contributed by atoms with Crippen molar-refractivity contribution in [3.63, 3.8) is 0 Å². The van der Waals surface area contributed by atoms with Crippen molar-refractivity contribution in [1.82, 2.24) is 4.90 Å². The SMILES string of the molecule is C[C@H]1[C@@H](OCCCN2CCOCC2)O[C@@H]2O[C@@]3(C)CC[C@H]4[C@H](C)CC[C@@H]1[C@@]24OO3. The molecule has 0 unspecified atom stereocenters. The van der Waals surface area contributed by atoms with E-state index in [0.29, 0.717) is 24.4 Å². The van der Waals surface area contributed by atoms with Gasteiger partial charge in [0.25, 0.3) is 0 Å². The quantitative estimate of drug-likeness (QED) is 0.509. The van der Waals surface area contributed by atoms with Crippen molar-refractivity contribution in [2.45, 2.75) is 76.8 Å². The van der Waals surface area contributed by atoms with Gasteiger partial charge in [-0.2, -0.15) is 0 Å². The Morgan fingerprint density at radius 1 is 1.03 bits per heavy atom. The maximum Gasteiger partial charge on any atom is 0.201 e. The highest BCUT2D eigenvalue weighted by Crippen LogP contribution is 2.60. The largest absolute Gasteiger partial charge is 0.379 e. The van der Waals surface area contributed by atoms with E-state index in [1.165, 1.54) is 6.42 Å². The van der Waals surface area contributed by atoms with Crippen molar-refractivity contribution in [2.24, 2.45) is 23.7 Å². The average molecular weight is 412 g/mol. The standard InChI is InChI=1S/C22H37NO6/c1-15-5-6-18-16(2)19(25-12-4-9-23-10-13-24-14-11-23)26-20-22(18)17(15)7-8-21(3,27-20)28-29-22/h15-20H,4-14H2,1-3H3/t15-,16-,17+,18+,19+,20-,21-,22-/m1/s1. The lowest BCUT2D eigenvalue weighted by atomic mass is 9.58. The van der Waals surface area contributed by atoms with Crippen molar-refractivity contribution in [2.75, 3.05) is 39.5 Å². The summed E-state index contributed by atoms with van der Waals surface area (Å²) in [4.78, 5) is 14.5. The van der Waals surface area contributed by atoms with Crippen LogP contribution in [0.1, 0.15) is 52.9 Å². The Morgan fingerprint density at radius 3 is 2.69 bits per heavy atom. The number of nitrogens with zero attached hydrogens (tertiary/aromatic N) is 1. The first-order valence-corrected chi connectivity index (χ1v) is 11.6. The third-order valence-corrected chi connectivity index (χ3v) is 8.10. The number of hydrogen-bond acceptors (Lipinski definition) is 7. The second-order valence-electron chi connectivity index (χ2n) is 9.95. The van der Waals surface area contributed by atoms with Crippen LogP contribution in [0.3, 0.4) is 0 Å². The van der Waals surface area contributed by atoms with Gasteiger partial charge >= 0.3 is 0 Å². The van der Waals surface area contributed by atoms with E-state index in [2.05, 4.69) is 18.7 Å². The second-order valence-corrected chi connectivity index (χ2v) is 9.95. The van der Waals surface area contributed by atoms with Crippen LogP contribution in [-0.4, -0.2) is 68.3 Å². The van der Waals surface area contributed by atoms with Gasteiger partial charge in [-0.3, -0.25) is 4.90 Å². The lowest BCUT2D eigenvalue weighted by Crippen LogP contribution is -2.70. The molecule has 8 atom stereocenters. The molecule has 0 aromatic heterocycles. The first-order valence-electron chi connectivity index (χ1n) is 11.6. The van der Waals surface area contributed by atoms with E-state index in [1.54, 1.807) is 0 Å². The van der Waals surface area contributed by atoms with Gasteiger partial charge in [-0.1, -0.05) is 13.8 Å². The molecule has 5 aliphatic heterocycles. The van der Waals surface area contributed by atoms with E-state index in [0.717, 1.165) is 58.5 Å². The summed E-state index contributed by atoms with van der Waals surface area (Å²) in [7, 11) is 0. The first-order chi connectivity index (χ1) is 14.0. The summed E-state index contributed by atoms with van der Waals surface area (Å²) < 4.78 is 24.6. The summed E-state index contributed by atoms with van der Waals surface area (Å²) in [5.41, 5.74) is -0.499. The number of hydrogen-bond donors (Lipinski definition) is 0. The highest BCUT2D eigenvalue weighted by atomic mass is 17.3. The minimum absolute atomic E-state index is 0.249. The number of ether oxygens (including phenoxy) is 4. The molecule has 7 nitrogen and oxygen atoms in total. The molecule has 7 heteroatoms. The number of rotatable bonds is 5. The third-order valence-electron chi connectivity index (χ3n) is 8.10. The molecular formula is C22H37NO6. The van der Waals surface area contributed by atoms with Crippen molar-refractivity contribution in [3.05, 3.63) is 0 Å². The highest BCUT2D eigenvalue weighted by Gasteiger charge is 2.69. The monoisotopic (exact) mass is 411 g/mol. The molecule has 0 aromatic rings. The van der Waals surface area contributed by atoms with E-state index in [1.807, 2.05) is 6.92 Å². The zero-order valence-corrected chi connectivity index (χ0v) is 18.1. The molecule has 5 heterocycles. The predicted octanol–water partition coefficient (Wildman–Crippen LogP) is 2.93. The molecule has 0 aromatic carbocycles. The van der Waals surface area contributed by atoms with Gasteiger partial charge in [0.2, 0.25) is 5.79 Å². The summed E-state index contributed by atoms with van der Waals surface area (Å²) >= 11 is 0. The van der Waals surface area contributed by atoms with Gasteiger partial charge in [0.1, 0.15) is 0 Å². The topological polar surface area (TPSA) is 58.6 Å². The number of fused-ring (bicyclic) bond motifs is 2. The molecule has 2 bridgehead atoms. The number of morpholine rings is 1. The van der Waals surface area contributed by atoms with Crippen LogP contribution in [0.25, 0.3) is 0 Å². The molecule has 5 saturated heterocycles. The first kappa shape index (κ1) is 20.6. The average Bonchev–Trinajstić information content (AvgIpc) is 2.95. The zero-order chi connectivity index (χ0) is 20.1. The molecule has 6 rings (SSSR count). The maximum absolute atomic E-state index is 6.47. The maximum atomic E-state index is 6.47. The van der Waals surface area contributed by atoms with Crippen LogP contribution in [0.4, 0.5) is 0 Å². The van der Waals surface area contributed by atoms with E-state index >= 15 is 0 Å². The predicted molar refractivity (Wildman–Crippen MR) is 105 cm³/mol. The van der Waals surface area contributed by atoms with Crippen LogP contribution in [0.2, 0.25) is 0 Å². The van der Waals surface area contributed by atoms with Crippen LogP contribution in [0, 0.1) is 23.7 Å². The van der Waals surface area contributed by atoms with Gasteiger partial charge < -0.3 is 18.9 Å². The van der Waals surface area contributed by atoms with Crippen molar-refractivity contribution >= 4 is 0 Å². The van der Waals surface area contributed by atoms with Crippen molar-refractivity contribution < 1.29 is 28.7 Å². The molecule has 1 spiro atoms. The smallest absolute Gasteiger partial charge is 0.201 e. The fraction of sp³-hybridized carbons (Fsp3) is 1.00. The molecule has 0 radical (unpaired) electrons. The van der Waals surface area contributed by atoms with E-state index < -0.39 is 17.7 Å². The fourth-order valence-corrected chi connectivity index (χ4v) is 6.38. The van der Waals surface area contributed by atoms with E-state index in [-0.39, 0.29) is 12.2 Å². The summed E-state index contributed by atoms with van der Waals surface area (Å²) in [6.45, 7) is 12.0. The summed E-state index contributed by atoms with van der Waals surface area (Å²) in [6, 6.07) is 0. The molecule has 0 amide bonds. The summed E-state index contributed by atoms with van der Waals surface area (Å²) in [5, 5.41) is 0. The van der Waals surface area contributed by atoms with E-state index in [4.69, 9.17) is 28.7 Å². The minimum atomic E-state index is -0.723. The Kier molecular flexibility index (Phi) is 5.69. The minimum Gasteiger partial charge on any atom is -0.379 e. The van der Waals surface area contributed by atoms with Gasteiger partial charge in [-0.05, 0) is 44.4 Å². The van der Waals surface area contributed by atoms with Gasteiger partial charge in [-0.15, -0.1) is 0 Å². The van der Waals surface area contributed by atoms with Crippen molar-refractivity contribution in [3.8, 4) is 0 Å². The Morgan fingerprint density at radius 2 is 1.86 bits per heavy atom. The Balaban J connectivity index is 1.26. The molecule has 0 N–H and O–H groups in total. The molecule has 166 valence electrons. The molecule has 29 heavy (non-hydrogen) atoms. The van der Waals surface area contributed by atoms with E-state index in [9.17, 15) is 0 Å². The van der Waals surface area contributed by atoms with Crippen LogP contribution in [0.5, 0.6) is 0 Å². The van der Waals surface area contributed by atoms with Crippen LogP contribution in [0.15, 0.2) is 0 Å². The summed E-state index contributed by atoms with van der Waals surface area (Å²) in [5.74, 6) is 0.844. The fourth-order valence-electron chi connectivity index (χ4n) is 6.38. The van der Waals surface area contributed by atoms with Gasteiger partial charge in [-0.25, -0.2) is 9.78 Å². The third kappa shape index (κ3) is 3.56.